The number of carbonyl (C=O) groups is 2. The molecule has 1 unspecified atom stereocenters. The highest BCUT2D eigenvalue weighted by atomic mass is 19.3. The fraction of sp³-hybridized carbons (Fsp3) is 0.320. The Morgan fingerprint density at radius 1 is 1.12 bits per heavy atom. The van der Waals surface area contributed by atoms with E-state index in [9.17, 15) is 18.4 Å². The molecule has 0 saturated heterocycles. The van der Waals surface area contributed by atoms with Gasteiger partial charge in [0.15, 0.2) is 0 Å². The Morgan fingerprint density at radius 3 is 2.35 bits per heavy atom. The van der Waals surface area contributed by atoms with Crippen LogP contribution in [0.25, 0.3) is 0 Å². The normalized spacial score (nSPS) is 14.6. The van der Waals surface area contributed by atoms with Crippen LogP contribution < -0.4 is 15.4 Å². The van der Waals surface area contributed by atoms with Crippen molar-refractivity contribution in [2.24, 2.45) is 0 Å². The molecule has 1 amide bonds. The quantitative estimate of drug-likeness (QED) is 0.207. The van der Waals surface area contributed by atoms with E-state index in [0.29, 0.717) is 22.8 Å². The summed E-state index contributed by atoms with van der Waals surface area (Å²) in [7, 11) is 2.70. The van der Waals surface area contributed by atoms with Crippen LogP contribution in [0.2, 0.25) is 0 Å². The average molecular weight is 472 g/mol. The molecule has 1 aliphatic carbocycles. The molecule has 1 aliphatic rings. The first-order chi connectivity index (χ1) is 16.2. The molecule has 0 heterocycles. The molecule has 2 aromatic rings. The van der Waals surface area contributed by atoms with Crippen molar-refractivity contribution in [3.05, 3.63) is 76.7 Å². The van der Waals surface area contributed by atoms with Crippen LogP contribution in [0.5, 0.6) is 5.75 Å². The van der Waals surface area contributed by atoms with Crippen LogP contribution in [0.1, 0.15) is 53.2 Å². The van der Waals surface area contributed by atoms with E-state index in [-0.39, 0.29) is 5.88 Å². The highest BCUT2D eigenvalue weighted by Crippen LogP contribution is 2.41. The van der Waals surface area contributed by atoms with Crippen molar-refractivity contribution in [2.45, 2.75) is 38.2 Å². The van der Waals surface area contributed by atoms with Crippen LogP contribution in [-0.4, -0.2) is 38.2 Å². The maximum Gasteiger partial charge on any atom is 0.337 e. The van der Waals surface area contributed by atoms with Gasteiger partial charge in [-0.3, -0.25) is 10.2 Å². The molecule has 1 atom stereocenters. The number of ether oxygens (including phenoxy) is 2. The Labute approximate surface area is 196 Å². The van der Waals surface area contributed by atoms with Crippen molar-refractivity contribution < 1.29 is 27.8 Å². The standard InChI is InChI=1S/C25H27F2N3O4/c1-14(15-7-11-17(12-8-15)25(32)33-3)30-23(31)20(21(28)22(26)27)24(29-2)34-19-6-4-5-18(13-19)16-9-10-16/h4-8,11-14,16,22,28-29H,9-10H2,1-3H3,(H,30,31)/b24-20-,28-21?. The number of carbonyl (C=O) groups excluding carboxylic acids is 2. The number of hydrogen-bond donors (Lipinski definition) is 3. The predicted octanol–water partition coefficient (Wildman–Crippen LogP) is 4.32. The third-order valence-electron chi connectivity index (χ3n) is 5.47. The fourth-order valence-electron chi connectivity index (χ4n) is 3.43. The molecule has 180 valence electrons. The van der Waals surface area contributed by atoms with E-state index in [2.05, 4.69) is 15.4 Å². The summed E-state index contributed by atoms with van der Waals surface area (Å²) in [5, 5.41) is 13.1. The minimum atomic E-state index is -3.18. The summed E-state index contributed by atoms with van der Waals surface area (Å²) in [6.45, 7) is 1.66. The summed E-state index contributed by atoms with van der Waals surface area (Å²) < 4.78 is 37.4. The van der Waals surface area contributed by atoms with Gasteiger partial charge in [-0.25, -0.2) is 13.6 Å². The molecule has 3 N–H and O–H groups in total. The summed E-state index contributed by atoms with van der Waals surface area (Å²) >= 11 is 0. The van der Waals surface area contributed by atoms with Gasteiger partial charge in [0.05, 0.1) is 18.7 Å². The number of alkyl halides is 2. The number of methoxy groups -OCH3 is 1. The topological polar surface area (TPSA) is 101 Å². The minimum Gasteiger partial charge on any atom is -0.465 e. The van der Waals surface area contributed by atoms with Crippen molar-refractivity contribution in [3.63, 3.8) is 0 Å². The number of halogens is 2. The third kappa shape index (κ3) is 5.98. The van der Waals surface area contributed by atoms with E-state index < -0.39 is 35.6 Å². The molecule has 3 rings (SSSR count). The van der Waals surface area contributed by atoms with Gasteiger partial charge in [0, 0.05) is 7.05 Å². The highest BCUT2D eigenvalue weighted by molar-refractivity contribution is 6.22. The van der Waals surface area contributed by atoms with Crippen LogP contribution in [0.15, 0.2) is 60.0 Å². The van der Waals surface area contributed by atoms with Crippen molar-refractivity contribution in [1.29, 1.82) is 5.41 Å². The molecule has 0 radical (unpaired) electrons. The van der Waals surface area contributed by atoms with Crippen LogP contribution >= 0.6 is 0 Å². The maximum absolute atomic E-state index is 13.5. The second-order valence-electron chi connectivity index (χ2n) is 7.93. The summed E-state index contributed by atoms with van der Waals surface area (Å²) in [5.74, 6) is -0.798. The summed E-state index contributed by atoms with van der Waals surface area (Å²) in [5.41, 5.74) is 0.296. The SMILES string of the molecule is CN/C(Oc1cccc(C2CC2)c1)=C(\C(=N)C(F)F)C(=O)NC(C)c1ccc(C(=O)OC)cc1. The highest BCUT2D eigenvalue weighted by Gasteiger charge is 2.29. The smallest absolute Gasteiger partial charge is 0.337 e. The van der Waals surface area contributed by atoms with Crippen LogP contribution in [0, 0.1) is 5.41 Å². The monoisotopic (exact) mass is 471 g/mol. The first-order valence-electron chi connectivity index (χ1n) is 10.8. The van der Waals surface area contributed by atoms with E-state index >= 15 is 0 Å². The first-order valence-corrected chi connectivity index (χ1v) is 10.8. The van der Waals surface area contributed by atoms with Crippen molar-refractivity contribution >= 4 is 17.6 Å². The van der Waals surface area contributed by atoms with Gasteiger partial charge in [-0.2, -0.15) is 0 Å². The maximum atomic E-state index is 13.5. The summed E-state index contributed by atoms with van der Waals surface area (Å²) in [6, 6.07) is 13.0. The lowest BCUT2D eigenvalue weighted by Gasteiger charge is -2.19. The zero-order valence-electron chi connectivity index (χ0n) is 19.2. The van der Waals surface area contributed by atoms with Gasteiger partial charge in [0.2, 0.25) is 5.88 Å². The molecule has 0 bridgehead atoms. The number of benzene rings is 2. The zero-order chi connectivity index (χ0) is 24.8. The second kappa shape index (κ2) is 10.9. The van der Waals surface area contributed by atoms with E-state index in [4.69, 9.17) is 10.1 Å². The Bertz CT molecular complexity index is 1100. The molecule has 9 heteroatoms. The molecule has 7 nitrogen and oxygen atoms in total. The summed E-state index contributed by atoms with van der Waals surface area (Å²) in [4.78, 5) is 24.6. The number of esters is 1. The van der Waals surface area contributed by atoms with E-state index in [1.54, 1.807) is 31.2 Å². The molecule has 0 aliphatic heterocycles. The van der Waals surface area contributed by atoms with Crippen LogP contribution in [0.4, 0.5) is 8.78 Å². The van der Waals surface area contributed by atoms with E-state index in [0.717, 1.165) is 18.4 Å². The average Bonchev–Trinajstić information content (AvgIpc) is 3.68. The lowest BCUT2D eigenvalue weighted by molar-refractivity contribution is -0.117. The van der Waals surface area contributed by atoms with Crippen LogP contribution in [0.3, 0.4) is 0 Å². The number of nitrogens with one attached hydrogen (secondary N) is 3. The van der Waals surface area contributed by atoms with Gasteiger partial charge in [0.25, 0.3) is 12.3 Å². The van der Waals surface area contributed by atoms with Gasteiger partial charge in [-0.15, -0.1) is 0 Å². The van der Waals surface area contributed by atoms with Gasteiger partial charge in [-0.05, 0) is 61.1 Å². The Morgan fingerprint density at radius 2 is 1.79 bits per heavy atom. The van der Waals surface area contributed by atoms with Gasteiger partial charge in [0.1, 0.15) is 17.0 Å². The molecule has 1 saturated carbocycles. The zero-order valence-corrected chi connectivity index (χ0v) is 19.2. The molecule has 2 aromatic carbocycles. The second-order valence-corrected chi connectivity index (χ2v) is 7.93. The fourth-order valence-corrected chi connectivity index (χ4v) is 3.43. The number of hydrogen-bond acceptors (Lipinski definition) is 6. The van der Waals surface area contributed by atoms with Crippen LogP contribution in [-0.2, 0) is 9.53 Å². The largest absolute Gasteiger partial charge is 0.465 e. The lowest BCUT2D eigenvalue weighted by atomic mass is 10.0. The van der Waals surface area contributed by atoms with Gasteiger partial charge < -0.3 is 20.1 Å². The minimum absolute atomic E-state index is 0.246. The Balaban J connectivity index is 1.85. The predicted molar refractivity (Wildman–Crippen MR) is 123 cm³/mol. The van der Waals surface area contributed by atoms with Crippen molar-refractivity contribution in [1.82, 2.24) is 10.6 Å². The molecule has 0 spiro atoms. The molecule has 1 fully saturated rings. The third-order valence-corrected chi connectivity index (χ3v) is 5.47. The Hall–Kier alpha value is -3.75. The van der Waals surface area contributed by atoms with E-state index in [1.807, 2.05) is 12.1 Å². The van der Waals surface area contributed by atoms with Crippen molar-refractivity contribution in [2.75, 3.05) is 14.2 Å². The van der Waals surface area contributed by atoms with E-state index in [1.165, 1.54) is 26.3 Å². The summed E-state index contributed by atoms with van der Waals surface area (Å²) in [6.07, 6.45) is -1.01. The molecular formula is C25H27F2N3O4. The number of amides is 1. The first kappa shape index (κ1) is 24.9. The lowest BCUT2D eigenvalue weighted by Crippen LogP contribution is -2.36. The molecule has 0 aromatic heterocycles. The van der Waals surface area contributed by atoms with Crippen molar-refractivity contribution in [3.8, 4) is 5.75 Å². The number of rotatable bonds is 10. The van der Waals surface area contributed by atoms with Gasteiger partial charge in [-0.1, -0.05) is 24.3 Å². The Kier molecular flexibility index (Phi) is 7.99. The molecule has 34 heavy (non-hydrogen) atoms. The molecular weight excluding hydrogens is 444 g/mol. The van der Waals surface area contributed by atoms with Gasteiger partial charge >= 0.3 is 5.97 Å².